The number of unbranched alkanes of at least 4 members (excludes halogenated alkanes) is 4. The van der Waals surface area contributed by atoms with Crippen molar-refractivity contribution >= 4 is 23.1 Å². The van der Waals surface area contributed by atoms with Gasteiger partial charge in [0.2, 0.25) is 5.91 Å². The second-order valence-electron chi connectivity index (χ2n) is 14.9. The van der Waals surface area contributed by atoms with Crippen LogP contribution in [0.25, 0.3) is 0 Å². The van der Waals surface area contributed by atoms with E-state index >= 15 is 0 Å². The van der Waals surface area contributed by atoms with Crippen LogP contribution in [0.5, 0.6) is 0 Å². The Labute approximate surface area is 318 Å². The monoisotopic (exact) mass is 716 g/mol. The van der Waals surface area contributed by atoms with Crippen molar-refractivity contribution in [3.8, 4) is 0 Å². The predicted molar refractivity (Wildman–Crippen MR) is 221 cm³/mol. The average molecular weight is 717 g/mol. The van der Waals surface area contributed by atoms with E-state index in [-0.39, 0.29) is 11.8 Å². The van der Waals surface area contributed by atoms with Crippen LogP contribution in [0.15, 0.2) is 121 Å². The predicted octanol–water partition coefficient (Wildman–Crippen LogP) is 10.4. The van der Waals surface area contributed by atoms with E-state index in [4.69, 9.17) is 12.2 Å². The van der Waals surface area contributed by atoms with Gasteiger partial charge in [-0.3, -0.25) is 4.79 Å². The Kier molecular flexibility index (Phi) is 15.9. The molecule has 1 aliphatic rings. The summed E-state index contributed by atoms with van der Waals surface area (Å²) < 4.78 is 0. The van der Waals surface area contributed by atoms with Crippen LogP contribution >= 0.6 is 12.2 Å². The molecular formula is C47H60N2O2S. The largest absolute Gasteiger partial charge is 0.392 e. The van der Waals surface area contributed by atoms with Crippen molar-refractivity contribution in [2.24, 2.45) is 11.8 Å². The van der Waals surface area contributed by atoms with E-state index < -0.39 is 17.6 Å². The fraction of sp³-hybridized carbons (Fsp3) is 0.447. The summed E-state index contributed by atoms with van der Waals surface area (Å²) in [4.78, 5) is 14.6. The molecule has 1 aliphatic carbocycles. The molecule has 4 aromatic carbocycles. The zero-order chi connectivity index (χ0) is 36.4. The molecule has 3 atom stereocenters. The lowest BCUT2D eigenvalue weighted by Crippen LogP contribution is -2.51. The van der Waals surface area contributed by atoms with Gasteiger partial charge in [-0.15, -0.1) is 0 Å². The highest BCUT2D eigenvalue weighted by Crippen LogP contribution is 2.44. The Morgan fingerprint density at radius 3 is 1.81 bits per heavy atom. The molecule has 52 heavy (non-hydrogen) atoms. The molecule has 2 unspecified atom stereocenters. The minimum Gasteiger partial charge on any atom is -0.392 e. The first-order valence-corrected chi connectivity index (χ1v) is 20.4. The molecule has 0 aromatic heterocycles. The molecule has 4 aromatic rings. The minimum atomic E-state index is -0.747. The van der Waals surface area contributed by atoms with Gasteiger partial charge in [0.25, 0.3) is 0 Å². The van der Waals surface area contributed by atoms with E-state index in [0.717, 1.165) is 61.6 Å². The summed E-state index contributed by atoms with van der Waals surface area (Å²) in [5.41, 5.74) is 4.02. The number of aliphatic hydroxyl groups is 1. The summed E-state index contributed by atoms with van der Waals surface area (Å²) in [6.45, 7) is 2.81. The third-order valence-electron chi connectivity index (χ3n) is 11.2. The Balaban J connectivity index is 1.43. The molecule has 0 radical (unpaired) electrons. The SMILES string of the molecule is CCCCCCCC(C(=S)N[C@@H](CC1CCCCC1)C(=O)NCCc1ccccc1)C(O)CC(c1ccccc1)(c1ccccc1)c1ccccc1. The first kappa shape index (κ1) is 39.4. The lowest BCUT2D eigenvalue weighted by Gasteiger charge is -2.40. The highest BCUT2D eigenvalue weighted by atomic mass is 32.1. The second-order valence-corrected chi connectivity index (χ2v) is 15.4. The lowest BCUT2D eigenvalue weighted by molar-refractivity contribution is -0.123. The maximum absolute atomic E-state index is 14.0. The van der Waals surface area contributed by atoms with E-state index in [1.54, 1.807) is 0 Å². The number of carbonyl (C=O) groups is 1. The topological polar surface area (TPSA) is 61.4 Å². The van der Waals surface area contributed by atoms with E-state index in [2.05, 4.69) is 121 Å². The fourth-order valence-electron chi connectivity index (χ4n) is 8.31. The van der Waals surface area contributed by atoms with Crippen molar-refractivity contribution in [2.45, 2.75) is 114 Å². The van der Waals surface area contributed by atoms with Crippen molar-refractivity contribution < 1.29 is 9.90 Å². The number of hydrogen-bond acceptors (Lipinski definition) is 3. The zero-order valence-corrected chi connectivity index (χ0v) is 32.0. The first-order chi connectivity index (χ1) is 25.5. The standard InChI is InChI=1S/C47H60N2O2S/c1-2-3-4-5-21-32-42(46(52)49-43(35-38-24-13-7-14-25-38)45(51)48-34-33-37-22-11-6-12-23-37)44(50)36-47(39-26-15-8-16-27-39,40-28-17-9-18-29-40)41-30-19-10-20-31-41/h6,8-12,15-20,22-23,26-31,38,42-44,50H,2-5,7,13-14,21,24-25,32-36H2,1H3,(H,48,51)(H,49,52)/t42?,43-,44?/m0/s1. The molecule has 276 valence electrons. The number of aliphatic hydroxyl groups excluding tert-OH is 1. The van der Waals surface area contributed by atoms with Gasteiger partial charge in [-0.05, 0) is 53.9 Å². The van der Waals surface area contributed by atoms with Crippen molar-refractivity contribution in [1.29, 1.82) is 0 Å². The van der Waals surface area contributed by atoms with Gasteiger partial charge in [-0.1, -0.05) is 205 Å². The molecule has 1 saturated carbocycles. The van der Waals surface area contributed by atoms with Crippen LogP contribution < -0.4 is 10.6 Å². The Morgan fingerprint density at radius 2 is 1.27 bits per heavy atom. The van der Waals surface area contributed by atoms with Crippen LogP contribution in [0, 0.1) is 11.8 Å². The normalized spacial score (nSPS) is 15.3. The molecule has 0 bridgehead atoms. The number of hydrogen-bond donors (Lipinski definition) is 3. The summed E-state index contributed by atoms with van der Waals surface area (Å²) in [7, 11) is 0. The van der Waals surface area contributed by atoms with Crippen molar-refractivity contribution in [3.05, 3.63) is 144 Å². The minimum absolute atomic E-state index is 0.00671. The fourth-order valence-corrected chi connectivity index (χ4v) is 8.73. The smallest absolute Gasteiger partial charge is 0.242 e. The molecule has 0 saturated heterocycles. The number of rotatable bonds is 20. The summed E-state index contributed by atoms with van der Waals surface area (Å²) in [5.74, 6) is 0.207. The molecule has 5 rings (SSSR count). The highest BCUT2D eigenvalue weighted by molar-refractivity contribution is 7.80. The molecule has 0 heterocycles. The summed E-state index contributed by atoms with van der Waals surface area (Å²) in [5, 5.41) is 19.5. The van der Waals surface area contributed by atoms with E-state index in [1.165, 1.54) is 44.1 Å². The quantitative estimate of drug-likeness (QED) is 0.0484. The maximum atomic E-state index is 14.0. The molecule has 1 amide bonds. The number of thiocarbonyl (C=S) groups is 1. The Hall–Kier alpha value is -3.80. The van der Waals surface area contributed by atoms with Gasteiger partial charge < -0.3 is 15.7 Å². The molecule has 3 N–H and O–H groups in total. The summed E-state index contributed by atoms with van der Waals surface area (Å²) in [6.07, 6.45) is 13.7. The summed E-state index contributed by atoms with van der Waals surface area (Å²) >= 11 is 6.29. The van der Waals surface area contributed by atoms with Gasteiger partial charge in [0.05, 0.1) is 11.1 Å². The first-order valence-electron chi connectivity index (χ1n) is 20.0. The number of nitrogens with one attached hydrogen (secondary N) is 2. The van der Waals surface area contributed by atoms with Gasteiger partial charge in [-0.2, -0.15) is 0 Å². The van der Waals surface area contributed by atoms with Crippen LogP contribution in [-0.4, -0.2) is 34.7 Å². The van der Waals surface area contributed by atoms with Crippen LogP contribution in [0.4, 0.5) is 0 Å². The maximum Gasteiger partial charge on any atom is 0.242 e. The van der Waals surface area contributed by atoms with E-state index in [9.17, 15) is 9.90 Å². The Morgan fingerprint density at radius 1 is 0.750 bits per heavy atom. The van der Waals surface area contributed by atoms with Crippen molar-refractivity contribution in [3.63, 3.8) is 0 Å². The van der Waals surface area contributed by atoms with Gasteiger partial charge in [0, 0.05) is 17.9 Å². The van der Waals surface area contributed by atoms with Crippen LogP contribution in [0.2, 0.25) is 0 Å². The molecular weight excluding hydrogens is 657 g/mol. The molecule has 5 heteroatoms. The third kappa shape index (κ3) is 11.1. The van der Waals surface area contributed by atoms with Gasteiger partial charge in [-0.25, -0.2) is 0 Å². The van der Waals surface area contributed by atoms with E-state index in [1.807, 2.05) is 18.2 Å². The van der Waals surface area contributed by atoms with Gasteiger partial charge in [0.15, 0.2) is 0 Å². The Bertz CT molecular complexity index is 1500. The third-order valence-corrected chi connectivity index (χ3v) is 11.6. The van der Waals surface area contributed by atoms with E-state index in [0.29, 0.717) is 23.9 Å². The summed E-state index contributed by atoms with van der Waals surface area (Å²) in [6, 6.07) is 41.7. The van der Waals surface area contributed by atoms with Crippen LogP contribution in [-0.2, 0) is 16.6 Å². The molecule has 0 aliphatic heterocycles. The zero-order valence-electron chi connectivity index (χ0n) is 31.2. The van der Waals surface area contributed by atoms with Gasteiger partial charge in [0.1, 0.15) is 6.04 Å². The number of amides is 1. The number of carbonyl (C=O) groups excluding carboxylic acids is 1. The van der Waals surface area contributed by atoms with Crippen LogP contribution in [0.3, 0.4) is 0 Å². The van der Waals surface area contributed by atoms with Crippen molar-refractivity contribution in [1.82, 2.24) is 10.6 Å². The molecule has 4 nitrogen and oxygen atoms in total. The highest BCUT2D eigenvalue weighted by Gasteiger charge is 2.41. The van der Waals surface area contributed by atoms with Crippen LogP contribution in [0.1, 0.15) is 113 Å². The number of benzene rings is 4. The second kappa shape index (κ2) is 21.0. The van der Waals surface area contributed by atoms with Gasteiger partial charge >= 0.3 is 0 Å². The molecule has 1 fully saturated rings. The average Bonchev–Trinajstić information content (AvgIpc) is 3.19. The lowest BCUT2D eigenvalue weighted by atomic mass is 9.65. The molecule has 0 spiro atoms. The van der Waals surface area contributed by atoms with Crippen molar-refractivity contribution in [2.75, 3.05) is 6.54 Å².